The SMILES string of the molecule is COCC(O)CONC(=O)c1cc(Cl)c(F)c(F)c1Nc1ccc(I)cc1Cl. The van der Waals surface area contributed by atoms with Crippen molar-refractivity contribution >= 4 is 63.1 Å². The van der Waals surface area contributed by atoms with Crippen LogP contribution in [-0.4, -0.2) is 37.4 Å². The minimum Gasteiger partial charge on any atom is -0.388 e. The first-order valence-electron chi connectivity index (χ1n) is 7.73. The molecular weight excluding hydrogens is 532 g/mol. The predicted molar refractivity (Wildman–Crippen MR) is 110 cm³/mol. The van der Waals surface area contributed by atoms with Crippen LogP contribution >= 0.6 is 45.8 Å². The summed E-state index contributed by atoms with van der Waals surface area (Å²) in [6.07, 6.45) is -0.984. The number of benzene rings is 2. The number of nitrogens with one attached hydrogen (secondary N) is 2. The van der Waals surface area contributed by atoms with Crippen LogP contribution < -0.4 is 10.8 Å². The number of anilines is 2. The van der Waals surface area contributed by atoms with E-state index in [1.54, 1.807) is 18.2 Å². The molecule has 2 aromatic rings. The highest BCUT2D eigenvalue weighted by Crippen LogP contribution is 2.33. The number of carbonyl (C=O) groups is 1. The first-order valence-corrected chi connectivity index (χ1v) is 9.56. The second-order valence-corrected chi connectivity index (χ2v) is 7.57. The summed E-state index contributed by atoms with van der Waals surface area (Å²) in [7, 11) is 1.39. The molecule has 0 bridgehead atoms. The van der Waals surface area contributed by atoms with E-state index in [-0.39, 0.29) is 29.5 Å². The molecule has 0 saturated heterocycles. The third-order valence-electron chi connectivity index (χ3n) is 3.40. The summed E-state index contributed by atoms with van der Waals surface area (Å²) in [5, 5.41) is 11.8. The van der Waals surface area contributed by atoms with Crippen molar-refractivity contribution in [1.29, 1.82) is 0 Å². The Balaban J connectivity index is 2.29. The lowest BCUT2D eigenvalue weighted by Gasteiger charge is -2.16. The molecule has 0 aromatic heterocycles. The van der Waals surface area contributed by atoms with E-state index in [4.69, 9.17) is 32.8 Å². The maximum atomic E-state index is 14.5. The molecule has 11 heteroatoms. The fraction of sp³-hybridized carbons (Fsp3) is 0.235. The number of carbonyl (C=O) groups excluding carboxylic acids is 1. The lowest BCUT2D eigenvalue weighted by molar-refractivity contribution is -0.0365. The summed E-state index contributed by atoms with van der Waals surface area (Å²) >= 11 is 13.8. The van der Waals surface area contributed by atoms with Crippen molar-refractivity contribution in [3.05, 3.63) is 55.1 Å². The maximum absolute atomic E-state index is 14.5. The number of hydrogen-bond acceptors (Lipinski definition) is 5. The molecule has 0 aliphatic rings. The fourth-order valence-electron chi connectivity index (χ4n) is 2.12. The number of ether oxygens (including phenoxy) is 1. The Kier molecular flexibility index (Phi) is 8.65. The number of hydroxylamine groups is 1. The number of hydrogen-bond donors (Lipinski definition) is 3. The van der Waals surface area contributed by atoms with Crippen molar-refractivity contribution in [3.63, 3.8) is 0 Å². The van der Waals surface area contributed by atoms with Crippen LogP contribution in [0.15, 0.2) is 24.3 Å². The Labute approximate surface area is 183 Å². The highest BCUT2D eigenvalue weighted by molar-refractivity contribution is 14.1. The van der Waals surface area contributed by atoms with Crippen molar-refractivity contribution in [3.8, 4) is 0 Å². The van der Waals surface area contributed by atoms with Gasteiger partial charge in [-0.05, 0) is 46.9 Å². The van der Waals surface area contributed by atoms with E-state index in [1.165, 1.54) is 7.11 Å². The number of aliphatic hydroxyl groups is 1. The lowest BCUT2D eigenvalue weighted by Crippen LogP contribution is -2.30. The number of methoxy groups -OCH3 is 1. The Morgan fingerprint density at radius 1 is 1.21 bits per heavy atom. The van der Waals surface area contributed by atoms with E-state index in [0.29, 0.717) is 0 Å². The summed E-state index contributed by atoms with van der Waals surface area (Å²) < 4.78 is 34.0. The second kappa shape index (κ2) is 10.5. The molecule has 28 heavy (non-hydrogen) atoms. The van der Waals surface area contributed by atoms with Crippen LogP contribution in [0.2, 0.25) is 10.0 Å². The van der Waals surface area contributed by atoms with E-state index >= 15 is 0 Å². The Morgan fingerprint density at radius 2 is 1.93 bits per heavy atom. The monoisotopic (exact) mass is 546 g/mol. The zero-order chi connectivity index (χ0) is 20.8. The number of aliphatic hydroxyl groups excluding tert-OH is 1. The number of amides is 1. The molecular formula is C17H15Cl2F2IN2O4. The Hall–Kier alpha value is -1.24. The van der Waals surface area contributed by atoms with Gasteiger partial charge in [-0.2, -0.15) is 0 Å². The van der Waals surface area contributed by atoms with E-state index in [2.05, 4.69) is 5.32 Å². The Bertz CT molecular complexity index is 874. The van der Waals surface area contributed by atoms with Gasteiger partial charge in [-0.3, -0.25) is 9.63 Å². The van der Waals surface area contributed by atoms with Gasteiger partial charge in [0.25, 0.3) is 5.91 Å². The number of rotatable bonds is 8. The highest BCUT2D eigenvalue weighted by atomic mass is 127. The first kappa shape index (κ1) is 23.0. The fourth-order valence-corrected chi connectivity index (χ4v) is 3.22. The summed E-state index contributed by atoms with van der Waals surface area (Å²) in [6, 6.07) is 5.80. The van der Waals surface area contributed by atoms with Gasteiger partial charge in [-0.25, -0.2) is 14.3 Å². The van der Waals surface area contributed by atoms with Crippen LogP contribution in [0.5, 0.6) is 0 Å². The summed E-state index contributed by atoms with van der Waals surface area (Å²) in [4.78, 5) is 17.3. The van der Waals surface area contributed by atoms with Gasteiger partial charge in [0.2, 0.25) is 0 Å². The van der Waals surface area contributed by atoms with Gasteiger partial charge in [-0.15, -0.1) is 0 Å². The van der Waals surface area contributed by atoms with Crippen molar-refractivity contribution in [2.24, 2.45) is 0 Å². The third kappa shape index (κ3) is 5.88. The van der Waals surface area contributed by atoms with Crippen molar-refractivity contribution < 1.29 is 28.3 Å². The van der Waals surface area contributed by atoms with Crippen LogP contribution in [0.3, 0.4) is 0 Å². The van der Waals surface area contributed by atoms with E-state index in [1.807, 2.05) is 28.1 Å². The zero-order valence-electron chi connectivity index (χ0n) is 14.4. The summed E-state index contributed by atoms with van der Waals surface area (Å²) in [5.74, 6) is -3.58. The largest absolute Gasteiger partial charge is 0.388 e. The molecule has 3 N–H and O–H groups in total. The van der Waals surface area contributed by atoms with E-state index in [9.17, 15) is 18.7 Å². The van der Waals surface area contributed by atoms with Crippen LogP contribution in [0.4, 0.5) is 20.2 Å². The van der Waals surface area contributed by atoms with Crippen LogP contribution in [-0.2, 0) is 9.57 Å². The lowest BCUT2D eigenvalue weighted by atomic mass is 10.1. The average Bonchev–Trinajstić information content (AvgIpc) is 2.63. The summed E-state index contributed by atoms with van der Waals surface area (Å²) in [5.41, 5.74) is 1.50. The standard InChI is InChI=1S/C17H15Cl2F2IN2O4/c1-27-6-9(25)7-28-24-17(26)10-5-12(19)14(20)15(21)16(10)23-13-3-2-8(22)4-11(13)18/h2-5,9,23,25H,6-7H2,1H3,(H,24,26). The van der Waals surface area contributed by atoms with Crippen LogP contribution in [0.1, 0.15) is 10.4 Å². The molecule has 0 fully saturated rings. The molecule has 1 unspecified atom stereocenters. The number of halogens is 5. The zero-order valence-corrected chi connectivity index (χ0v) is 18.0. The topological polar surface area (TPSA) is 79.8 Å². The van der Waals surface area contributed by atoms with Gasteiger partial charge in [0.15, 0.2) is 11.6 Å². The van der Waals surface area contributed by atoms with Gasteiger partial charge in [-0.1, -0.05) is 23.2 Å². The molecule has 0 aliphatic carbocycles. The third-order valence-corrected chi connectivity index (χ3v) is 4.66. The van der Waals surface area contributed by atoms with Gasteiger partial charge in [0.05, 0.1) is 33.6 Å². The van der Waals surface area contributed by atoms with Crippen LogP contribution in [0, 0.1) is 15.2 Å². The average molecular weight is 547 g/mol. The molecule has 2 aromatic carbocycles. The van der Waals surface area contributed by atoms with Gasteiger partial charge in [0.1, 0.15) is 12.7 Å². The molecule has 0 heterocycles. The first-order chi connectivity index (χ1) is 13.2. The highest BCUT2D eigenvalue weighted by Gasteiger charge is 2.23. The minimum absolute atomic E-state index is 0.00894. The van der Waals surface area contributed by atoms with Gasteiger partial charge in [0, 0.05) is 10.7 Å². The molecule has 0 saturated carbocycles. The quantitative estimate of drug-likeness (QED) is 0.261. The maximum Gasteiger partial charge on any atom is 0.277 e. The minimum atomic E-state index is -1.35. The van der Waals surface area contributed by atoms with Crippen molar-refractivity contribution in [1.82, 2.24) is 5.48 Å². The molecule has 1 atom stereocenters. The van der Waals surface area contributed by atoms with Crippen LogP contribution in [0.25, 0.3) is 0 Å². The van der Waals surface area contributed by atoms with E-state index in [0.717, 1.165) is 9.64 Å². The second-order valence-electron chi connectivity index (χ2n) is 5.51. The molecule has 6 nitrogen and oxygen atoms in total. The van der Waals surface area contributed by atoms with Crippen molar-refractivity contribution in [2.75, 3.05) is 25.6 Å². The molecule has 1 amide bonds. The molecule has 2 rings (SSSR count). The summed E-state index contributed by atoms with van der Waals surface area (Å²) in [6.45, 7) is -0.284. The van der Waals surface area contributed by atoms with Gasteiger partial charge >= 0.3 is 0 Å². The molecule has 0 radical (unpaired) electrons. The molecule has 0 aliphatic heterocycles. The smallest absolute Gasteiger partial charge is 0.277 e. The molecule has 152 valence electrons. The normalized spacial score (nSPS) is 12.0. The van der Waals surface area contributed by atoms with Gasteiger partial charge < -0.3 is 15.2 Å². The predicted octanol–water partition coefficient (Wildman–Crippen LogP) is 4.29. The van der Waals surface area contributed by atoms with Crippen molar-refractivity contribution in [2.45, 2.75) is 6.10 Å². The Morgan fingerprint density at radius 3 is 2.57 bits per heavy atom. The van der Waals surface area contributed by atoms with E-state index < -0.39 is 34.4 Å². The molecule has 0 spiro atoms.